The summed E-state index contributed by atoms with van der Waals surface area (Å²) in [7, 11) is 0. The number of hydrogen-bond acceptors (Lipinski definition) is 5. The molecule has 21 heavy (non-hydrogen) atoms. The second-order valence-corrected chi connectivity index (χ2v) is 4.60. The van der Waals surface area contributed by atoms with Gasteiger partial charge in [0.2, 0.25) is 0 Å². The summed E-state index contributed by atoms with van der Waals surface area (Å²) < 4.78 is 5.17. The van der Waals surface area contributed by atoms with E-state index in [0.717, 1.165) is 0 Å². The van der Waals surface area contributed by atoms with Crippen LogP contribution in [0, 0.1) is 10.1 Å². The topological polar surface area (TPSA) is 110 Å². The summed E-state index contributed by atoms with van der Waals surface area (Å²) >= 11 is 0. The third-order valence-corrected chi connectivity index (χ3v) is 3.27. The van der Waals surface area contributed by atoms with Crippen LogP contribution in [0.3, 0.4) is 0 Å². The van der Waals surface area contributed by atoms with Crippen LogP contribution < -0.4 is 4.74 Å². The number of nitro benzene ring substituents is 1. The molecular weight excluding hydrogens is 280 g/mol. The summed E-state index contributed by atoms with van der Waals surface area (Å²) in [6, 6.07) is 4.88. The number of nitro groups is 1. The van der Waals surface area contributed by atoms with Gasteiger partial charge < -0.3 is 14.7 Å². The smallest absolute Gasteiger partial charge is 0.326 e. The highest BCUT2D eigenvalue weighted by Crippen LogP contribution is 2.26. The highest BCUT2D eigenvalue weighted by atomic mass is 16.6. The van der Waals surface area contributed by atoms with Crippen molar-refractivity contribution < 1.29 is 24.4 Å². The van der Waals surface area contributed by atoms with E-state index in [1.807, 2.05) is 0 Å². The van der Waals surface area contributed by atoms with Crippen LogP contribution in [0.25, 0.3) is 0 Å². The van der Waals surface area contributed by atoms with E-state index in [-0.39, 0.29) is 11.4 Å². The van der Waals surface area contributed by atoms with Crippen molar-refractivity contribution in [2.75, 3.05) is 13.2 Å². The number of carbonyl (C=O) groups excluding carboxylic acids is 1. The molecule has 1 aromatic rings. The quantitative estimate of drug-likeness (QED) is 0.642. The van der Waals surface area contributed by atoms with Gasteiger partial charge >= 0.3 is 11.7 Å². The first kappa shape index (κ1) is 14.8. The Morgan fingerprint density at radius 1 is 1.43 bits per heavy atom. The van der Waals surface area contributed by atoms with Gasteiger partial charge in [-0.3, -0.25) is 14.9 Å². The summed E-state index contributed by atoms with van der Waals surface area (Å²) in [6.07, 6.45) is 1.03. The van der Waals surface area contributed by atoms with Crippen LogP contribution in [0.15, 0.2) is 24.3 Å². The normalized spacial score (nSPS) is 17.5. The van der Waals surface area contributed by atoms with Crippen molar-refractivity contribution in [3.63, 3.8) is 0 Å². The molecule has 8 heteroatoms. The Morgan fingerprint density at radius 2 is 2.14 bits per heavy atom. The van der Waals surface area contributed by atoms with Crippen LogP contribution >= 0.6 is 0 Å². The Balaban J connectivity index is 2.02. The molecule has 1 N–H and O–H groups in total. The molecule has 0 bridgehead atoms. The molecule has 1 unspecified atom stereocenters. The zero-order chi connectivity index (χ0) is 15.4. The Labute approximate surface area is 120 Å². The van der Waals surface area contributed by atoms with Crippen molar-refractivity contribution in [2.45, 2.75) is 18.9 Å². The largest absolute Gasteiger partial charge is 0.480 e. The fourth-order valence-electron chi connectivity index (χ4n) is 2.27. The molecule has 0 radical (unpaired) electrons. The number of carboxylic acid groups (broad SMARTS) is 1. The summed E-state index contributed by atoms with van der Waals surface area (Å²) in [6.45, 7) is -0.0648. The van der Waals surface area contributed by atoms with Gasteiger partial charge in [-0.2, -0.15) is 0 Å². The molecule has 1 atom stereocenters. The Bertz CT molecular complexity index is 574. The fourth-order valence-corrected chi connectivity index (χ4v) is 2.27. The lowest BCUT2D eigenvalue weighted by molar-refractivity contribution is -0.385. The average molecular weight is 294 g/mol. The van der Waals surface area contributed by atoms with Gasteiger partial charge in [-0.25, -0.2) is 4.79 Å². The van der Waals surface area contributed by atoms with E-state index < -0.39 is 29.4 Å². The monoisotopic (exact) mass is 294 g/mol. The van der Waals surface area contributed by atoms with Crippen LogP contribution in [0.4, 0.5) is 5.69 Å². The molecule has 1 aliphatic heterocycles. The summed E-state index contributed by atoms with van der Waals surface area (Å²) in [5.74, 6) is -1.55. The van der Waals surface area contributed by atoms with Gasteiger partial charge in [0.1, 0.15) is 6.04 Å². The molecule has 1 heterocycles. The molecule has 0 aromatic heterocycles. The lowest BCUT2D eigenvalue weighted by Gasteiger charge is -2.21. The Kier molecular flexibility index (Phi) is 4.36. The zero-order valence-corrected chi connectivity index (χ0v) is 11.1. The van der Waals surface area contributed by atoms with E-state index in [1.54, 1.807) is 6.07 Å². The fraction of sp³-hybridized carbons (Fsp3) is 0.385. The minimum Gasteiger partial charge on any atom is -0.480 e. The highest BCUT2D eigenvalue weighted by molar-refractivity contribution is 5.85. The third kappa shape index (κ3) is 3.28. The summed E-state index contributed by atoms with van der Waals surface area (Å²) in [5, 5.41) is 19.8. The first-order chi connectivity index (χ1) is 10.0. The predicted octanol–water partition coefficient (Wildman–Crippen LogP) is 1.05. The van der Waals surface area contributed by atoms with Crippen molar-refractivity contribution in [3.05, 3.63) is 34.4 Å². The summed E-state index contributed by atoms with van der Waals surface area (Å²) in [4.78, 5) is 34.4. The van der Waals surface area contributed by atoms with Gasteiger partial charge in [-0.1, -0.05) is 12.1 Å². The van der Waals surface area contributed by atoms with E-state index in [0.29, 0.717) is 19.4 Å². The highest BCUT2D eigenvalue weighted by Gasteiger charge is 2.34. The third-order valence-electron chi connectivity index (χ3n) is 3.27. The summed E-state index contributed by atoms with van der Waals surface area (Å²) in [5.41, 5.74) is -0.235. The number of para-hydroxylation sites is 2. The standard InChI is InChI=1S/C13H14N2O6/c16-12(14-7-3-5-10(14)13(17)18)8-21-11-6-2-1-4-9(11)15(19)20/h1-2,4,6,10H,3,5,7-8H2,(H,17,18). The lowest BCUT2D eigenvalue weighted by atomic mass is 10.2. The zero-order valence-electron chi connectivity index (χ0n) is 11.1. The van der Waals surface area contributed by atoms with E-state index in [9.17, 15) is 19.7 Å². The molecule has 1 aromatic carbocycles. The maximum Gasteiger partial charge on any atom is 0.326 e. The van der Waals surface area contributed by atoms with Crippen molar-refractivity contribution in [1.82, 2.24) is 4.90 Å². The molecule has 1 fully saturated rings. The van der Waals surface area contributed by atoms with Crippen LogP contribution in [0.2, 0.25) is 0 Å². The molecule has 8 nitrogen and oxygen atoms in total. The SMILES string of the molecule is O=C(O)C1CCCN1C(=O)COc1ccccc1[N+](=O)[O-]. The van der Waals surface area contributed by atoms with Gasteiger partial charge in [0.05, 0.1) is 4.92 Å². The first-order valence-electron chi connectivity index (χ1n) is 6.39. The number of benzene rings is 1. The number of likely N-dealkylation sites (tertiary alicyclic amines) is 1. The number of rotatable bonds is 5. The van der Waals surface area contributed by atoms with Gasteiger partial charge in [-0.15, -0.1) is 0 Å². The predicted molar refractivity (Wildman–Crippen MR) is 71.0 cm³/mol. The average Bonchev–Trinajstić information content (AvgIpc) is 2.94. The van der Waals surface area contributed by atoms with E-state index in [1.165, 1.54) is 23.1 Å². The minimum atomic E-state index is -1.05. The molecule has 112 valence electrons. The molecule has 1 amide bonds. The number of amides is 1. The Hall–Kier alpha value is -2.64. The number of nitrogens with zero attached hydrogens (tertiary/aromatic N) is 2. The molecule has 1 saturated heterocycles. The Morgan fingerprint density at radius 3 is 2.81 bits per heavy atom. The minimum absolute atomic E-state index is 0.0121. The van der Waals surface area contributed by atoms with Crippen LogP contribution in [0.1, 0.15) is 12.8 Å². The second kappa shape index (κ2) is 6.21. The molecule has 2 rings (SSSR count). The van der Waals surface area contributed by atoms with Gasteiger partial charge in [-0.05, 0) is 18.9 Å². The van der Waals surface area contributed by atoms with Crippen LogP contribution in [0.5, 0.6) is 5.75 Å². The maximum atomic E-state index is 12.0. The van der Waals surface area contributed by atoms with Gasteiger partial charge in [0.15, 0.2) is 12.4 Å². The van der Waals surface area contributed by atoms with Crippen LogP contribution in [-0.2, 0) is 9.59 Å². The van der Waals surface area contributed by atoms with Gasteiger partial charge in [0, 0.05) is 12.6 Å². The number of carboxylic acids is 1. The number of aliphatic carboxylic acids is 1. The van der Waals surface area contributed by atoms with Crippen LogP contribution in [-0.4, -0.2) is 46.0 Å². The number of ether oxygens (including phenoxy) is 1. The number of hydrogen-bond donors (Lipinski definition) is 1. The van der Waals surface area contributed by atoms with E-state index in [4.69, 9.17) is 9.84 Å². The van der Waals surface area contributed by atoms with Crippen molar-refractivity contribution in [2.24, 2.45) is 0 Å². The lowest BCUT2D eigenvalue weighted by Crippen LogP contribution is -2.42. The number of carbonyl (C=O) groups is 2. The molecule has 0 spiro atoms. The van der Waals surface area contributed by atoms with Crippen molar-refractivity contribution in [1.29, 1.82) is 0 Å². The van der Waals surface area contributed by atoms with E-state index in [2.05, 4.69) is 0 Å². The van der Waals surface area contributed by atoms with E-state index >= 15 is 0 Å². The van der Waals surface area contributed by atoms with Gasteiger partial charge in [0.25, 0.3) is 5.91 Å². The molecular formula is C13H14N2O6. The molecule has 0 aliphatic carbocycles. The van der Waals surface area contributed by atoms with Crippen molar-refractivity contribution in [3.8, 4) is 5.75 Å². The molecule has 0 saturated carbocycles. The molecule has 1 aliphatic rings. The second-order valence-electron chi connectivity index (χ2n) is 4.60. The maximum absolute atomic E-state index is 12.0. The first-order valence-corrected chi connectivity index (χ1v) is 6.39. The van der Waals surface area contributed by atoms with Crippen molar-refractivity contribution >= 4 is 17.6 Å².